The summed E-state index contributed by atoms with van der Waals surface area (Å²) in [5.41, 5.74) is 2.03. The van der Waals surface area contributed by atoms with Crippen LogP contribution < -0.4 is 15.5 Å². The molecule has 1 aliphatic heterocycles. The van der Waals surface area contributed by atoms with Gasteiger partial charge >= 0.3 is 11.8 Å². The van der Waals surface area contributed by atoms with Crippen molar-refractivity contribution < 1.29 is 14.4 Å². The largest absolute Gasteiger partial charge is 0.344 e. The summed E-state index contributed by atoms with van der Waals surface area (Å²) in [5.74, 6) is -1.99. The van der Waals surface area contributed by atoms with Crippen molar-refractivity contribution in [3.05, 3.63) is 58.9 Å². The quantitative estimate of drug-likeness (QED) is 0.797. The highest BCUT2D eigenvalue weighted by Gasteiger charge is 2.38. The van der Waals surface area contributed by atoms with Crippen LogP contribution in [-0.2, 0) is 20.9 Å². The zero-order chi connectivity index (χ0) is 18.7. The third-order valence-electron chi connectivity index (χ3n) is 4.08. The lowest BCUT2D eigenvalue weighted by atomic mass is 10.1. The molecular weight excluding hydrogens is 356 g/mol. The van der Waals surface area contributed by atoms with Crippen molar-refractivity contribution in [2.75, 3.05) is 11.4 Å². The van der Waals surface area contributed by atoms with E-state index in [1.54, 1.807) is 47.6 Å². The average molecular weight is 373 g/mol. The van der Waals surface area contributed by atoms with Gasteiger partial charge in [-0.3, -0.25) is 19.4 Å². The summed E-state index contributed by atoms with van der Waals surface area (Å²) >= 11 is 6.02. The van der Waals surface area contributed by atoms with Crippen molar-refractivity contribution in [3.63, 3.8) is 0 Å². The molecule has 0 saturated carbocycles. The molecule has 0 radical (unpaired) electrons. The predicted molar refractivity (Wildman–Crippen MR) is 96.4 cm³/mol. The van der Waals surface area contributed by atoms with Gasteiger partial charge in [0.25, 0.3) is 5.91 Å². The lowest BCUT2D eigenvalue weighted by Gasteiger charge is -2.15. The number of nitrogens with zero attached hydrogens (tertiary/aromatic N) is 2. The van der Waals surface area contributed by atoms with E-state index in [4.69, 9.17) is 11.6 Å². The van der Waals surface area contributed by atoms with Gasteiger partial charge in [-0.15, -0.1) is 0 Å². The van der Waals surface area contributed by atoms with Crippen LogP contribution in [0.15, 0.2) is 42.7 Å². The van der Waals surface area contributed by atoms with Crippen LogP contribution in [0, 0.1) is 0 Å². The number of amides is 3. The van der Waals surface area contributed by atoms with Crippen molar-refractivity contribution in [3.8, 4) is 0 Å². The Labute approximate surface area is 155 Å². The summed E-state index contributed by atoms with van der Waals surface area (Å²) in [5, 5.41) is 5.46. The molecule has 8 heteroatoms. The van der Waals surface area contributed by atoms with E-state index in [1.807, 2.05) is 6.92 Å². The zero-order valence-electron chi connectivity index (χ0n) is 14.0. The summed E-state index contributed by atoms with van der Waals surface area (Å²) in [6, 6.07) is 7.62. The SMILES string of the molecule is CCN1C(=O)[C@@H](NC(=O)C(=O)NCc2cccnc2)c2cc(Cl)ccc21. The highest BCUT2D eigenvalue weighted by Crippen LogP contribution is 2.37. The molecule has 7 nitrogen and oxygen atoms in total. The van der Waals surface area contributed by atoms with Crippen LogP contribution in [0.2, 0.25) is 5.02 Å². The van der Waals surface area contributed by atoms with Gasteiger partial charge in [0.2, 0.25) is 0 Å². The number of hydrogen-bond acceptors (Lipinski definition) is 4. The summed E-state index contributed by atoms with van der Waals surface area (Å²) in [7, 11) is 0. The lowest BCUT2D eigenvalue weighted by molar-refractivity contribution is -0.140. The third kappa shape index (κ3) is 3.52. The molecular formula is C18H17ClN4O3. The molecule has 0 fully saturated rings. The molecule has 1 atom stereocenters. The van der Waals surface area contributed by atoms with Crippen molar-refractivity contribution >= 4 is 35.0 Å². The van der Waals surface area contributed by atoms with E-state index in [9.17, 15) is 14.4 Å². The number of carbonyl (C=O) groups excluding carboxylic acids is 3. The Kier molecular flexibility index (Phi) is 5.18. The third-order valence-corrected chi connectivity index (χ3v) is 4.31. The van der Waals surface area contributed by atoms with Gasteiger partial charge in [0.1, 0.15) is 6.04 Å². The van der Waals surface area contributed by atoms with Gasteiger partial charge in [-0.25, -0.2) is 0 Å². The standard InChI is InChI=1S/C18H17ClN4O3/c1-2-23-14-6-5-12(19)8-13(14)15(18(23)26)22-17(25)16(24)21-10-11-4-3-7-20-9-11/h3-9,15H,2,10H2,1H3,(H,21,24)(H,22,25)/t15-/m0/s1. The van der Waals surface area contributed by atoms with E-state index in [0.29, 0.717) is 22.8 Å². The van der Waals surface area contributed by atoms with E-state index < -0.39 is 17.9 Å². The molecule has 134 valence electrons. The summed E-state index contributed by atoms with van der Waals surface area (Å²) in [6.45, 7) is 2.45. The van der Waals surface area contributed by atoms with Gasteiger partial charge < -0.3 is 15.5 Å². The van der Waals surface area contributed by atoms with Crippen molar-refractivity contribution in [1.82, 2.24) is 15.6 Å². The first-order valence-electron chi connectivity index (χ1n) is 8.09. The number of pyridine rings is 1. The van der Waals surface area contributed by atoms with Crippen LogP contribution in [-0.4, -0.2) is 29.3 Å². The molecule has 0 spiro atoms. The lowest BCUT2D eigenvalue weighted by Crippen LogP contribution is -2.44. The molecule has 0 bridgehead atoms. The smallest absolute Gasteiger partial charge is 0.310 e. The van der Waals surface area contributed by atoms with E-state index in [0.717, 1.165) is 5.56 Å². The van der Waals surface area contributed by atoms with Gasteiger partial charge in [-0.05, 0) is 36.8 Å². The van der Waals surface area contributed by atoms with E-state index in [1.165, 1.54) is 0 Å². The highest BCUT2D eigenvalue weighted by atomic mass is 35.5. The fourth-order valence-corrected chi connectivity index (χ4v) is 3.02. The number of aromatic nitrogens is 1. The summed E-state index contributed by atoms with van der Waals surface area (Å²) in [6.07, 6.45) is 3.21. The topological polar surface area (TPSA) is 91.4 Å². The minimum Gasteiger partial charge on any atom is -0.344 e. The second-order valence-electron chi connectivity index (χ2n) is 5.74. The average Bonchev–Trinajstić information content (AvgIpc) is 2.91. The Bertz CT molecular complexity index is 857. The maximum atomic E-state index is 12.6. The Morgan fingerprint density at radius 1 is 1.27 bits per heavy atom. The van der Waals surface area contributed by atoms with Crippen LogP contribution >= 0.6 is 11.6 Å². The zero-order valence-corrected chi connectivity index (χ0v) is 14.8. The van der Waals surface area contributed by atoms with Crippen LogP contribution in [0.1, 0.15) is 24.1 Å². The first-order chi connectivity index (χ1) is 12.5. The van der Waals surface area contributed by atoms with Crippen LogP contribution in [0.3, 0.4) is 0 Å². The second-order valence-corrected chi connectivity index (χ2v) is 6.17. The Balaban J connectivity index is 1.70. The van der Waals surface area contributed by atoms with Crippen LogP contribution in [0.5, 0.6) is 0 Å². The molecule has 1 aromatic heterocycles. The molecule has 0 aliphatic carbocycles. The first-order valence-corrected chi connectivity index (χ1v) is 8.47. The number of rotatable bonds is 4. The number of benzene rings is 1. The van der Waals surface area contributed by atoms with E-state index in [2.05, 4.69) is 15.6 Å². The molecule has 3 amide bonds. The van der Waals surface area contributed by atoms with Gasteiger partial charge in [0.15, 0.2) is 0 Å². The normalized spacial score (nSPS) is 15.5. The maximum absolute atomic E-state index is 12.6. The molecule has 0 unspecified atom stereocenters. The highest BCUT2D eigenvalue weighted by molar-refractivity contribution is 6.35. The van der Waals surface area contributed by atoms with Crippen molar-refractivity contribution in [1.29, 1.82) is 0 Å². The number of anilines is 1. The predicted octanol–water partition coefficient (Wildman–Crippen LogP) is 1.58. The number of fused-ring (bicyclic) bond motifs is 1. The van der Waals surface area contributed by atoms with Gasteiger partial charge in [-0.1, -0.05) is 17.7 Å². The molecule has 2 heterocycles. The number of carbonyl (C=O) groups is 3. The molecule has 2 N–H and O–H groups in total. The molecule has 0 saturated heterocycles. The van der Waals surface area contributed by atoms with Gasteiger partial charge in [0.05, 0.1) is 0 Å². The molecule has 1 aliphatic rings. The van der Waals surface area contributed by atoms with E-state index >= 15 is 0 Å². The molecule has 1 aromatic carbocycles. The van der Waals surface area contributed by atoms with Gasteiger partial charge in [0, 0.05) is 41.8 Å². The number of likely N-dealkylation sites (N-methyl/N-ethyl adjacent to an activating group) is 1. The minimum absolute atomic E-state index is 0.169. The number of nitrogens with one attached hydrogen (secondary N) is 2. The fraction of sp³-hybridized carbons (Fsp3) is 0.222. The summed E-state index contributed by atoms with van der Waals surface area (Å²) in [4.78, 5) is 42.3. The second kappa shape index (κ2) is 7.53. The monoisotopic (exact) mass is 372 g/mol. The first kappa shape index (κ1) is 17.9. The van der Waals surface area contributed by atoms with Crippen molar-refractivity contribution in [2.24, 2.45) is 0 Å². The molecule has 2 aromatic rings. The van der Waals surface area contributed by atoms with Crippen molar-refractivity contribution in [2.45, 2.75) is 19.5 Å². The molecule has 3 rings (SSSR count). The number of halogens is 1. The number of hydrogen-bond donors (Lipinski definition) is 2. The Morgan fingerprint density at radius 2 is 2.08 bits per heavy atom. The minimum atomic E-state index is -0.930. The maximum Gasteiger partial charge on any atom is 0.310 e. The van der Waals surface area contributed by atoms with E-state index in [-0.39, 0.29) is 12.5 Å². The van der Waals surface area contributed by atoms with Gasteiger partial charge in [-0.2, -0.15) is 0 Å². The fourth-order valence-electron chi connectivity index (χ4n) is 2.84. The Hall–Kier alpha value is -2.93. The van der Waals surface area contributed by atoms with Crippen LogP contribution in [0.25, 0.3) is 0 Å². The summed E-state index contributed by atoms with van der Waals surface area (Å²) < 4.78 is 0. The Morgan fingerprint density at radius 3 is 2.77 bits per heavy atom. The van der Waals surface area contributed by atoms with Crippen LogP contribution in [0.4, 0.5) is 5.69 Å². The molecule has 26 heavy (non-hydrogen) atoms.